The number of hydrogen-bond donors (Lipinski definition) is 1. The normalized spacial score (nSPS) is 43.8. The Hall–Kier alpha value is -0.630. The first-order valence-corrected chi connectivity index (χ1v) is 12.7. The van der Waals surface area contributed by atoms with Crippen LogP contribution in [-0.4, -0.2) is 17.5 Å². The zero-order valence-electron chi connectivity index (χ0n) is 19.4. The molecule has 2 heteroatoms. The second-order valence-corrected chi connectivity index (χ2v) is 11.9. The van der Waals surface area contributed by atoms with E-state index in [-0.39, 0.29) is 0 Å². The van der Waals surface area contributed by atoms with E-state index >= 15 is 0 Å². The van der Waals surface area contributed by atoms with Crippen LogP contribution in [0.3, 0.4) is 0 Å². The van der Waals surface area contributed by atoms with Crippen molar-refractivity contribution < 1.29 is 9.90 Å². The predicted molar refractivity (Wildman–Crippen MR) is 119 cm³/mol. The van der Waals surface area contributed by atoms with Gasteiger partial charge in [0.2, 0.25) is 0 Å². The Balaban J connectivity index is 1.50. The van der Waals surface area contributed by atoms with Crippen LogP contribution >= 0.6 is 0 Å². The topological polar surface area (TPSA) is 37.3 Å². The molecule has 0 saturated heterocycles. The molecule has 0 heterocycles. The minimum Gasteiger partial charge on any atom is -0.396 e. The molecule has 0 bridgehead atoms. The van der Waals surface area contributed by atoms with E-state index in [0.29, 0.717) is 46.9 Å². The van der Waals surface area contributed by atoms with Gasteiger partial charge in [-0.1, -0.05) is 52.5 Å². The maximum absolute atomic E-state index is 13.4. The van der Waals surface area contributed by atoms with Gasteiger partial charge >= 0.3 is 0 Å². The zero-order valence-corrected chi connectivity index (χ0v) is 19.4. The second kappa shape index (κ2) is 8.13. The van der Waals surface area contributed by atoms with E-state index in [1.165, 1.54) is 69.8 Å². The monoisotopic (exact) mass is 400 g/mol. The van der Waals surface area contributed by atoms with E-state index in [4.69, 9.17) is 0 Å². The molecule has 2 nitrogen and oxygen atoms in total. The van der Waals surface area contributed by atoms with Crippen molar-refractivity contribution >= 4 is 5.78 Å². The molecule has 0 spiro atoms. The van der Waals surface area contributed by atoms with E-state index in [1.807, 2.05) is 0 Å². The van der Waals surface area contributed by atoms with E-state index in [1.54, 1.807) is 0 Å². The Bertz CT molecular complexity index is 651. The van der Waals surface area contributed by atoms with Crippen LogP contribution in [0.1, 0.15) is 98.3 Å². The Morgan fingerprint density at radius 2 is 1.86 bits per heavy atom. The van der Waals surface area contributed by atoms with E-state index in [0.717, 1.165) is 18.3 Å². The molecule has 0 amide bonds. The van der Waals surface area contributed by atoms with Crippen molar-refractivity contribution in [3.63, 3.8) is 0 Å². The fraction of sp³-hybridized carbons (Fsp3) is 0.889. The maximum atomic E-state index is 13.4. The summed E-state index contributed by atoms with van der Waals surface area (Å²) in [6.07, 6.45) is 16.1. The van der Waals surface area contributed by atoms with Gasteiger partial charge in [-0.15, -0.1) is 0 Å². The van der Waals surface area contributed by atoms with Gasteiger partial charge in [0.05, 0.1) is 0 Å². The summed E-state index contributed by atoms with van der Waals surface area (Å²) >= 11 is 0. The minimum absolute atomic E-state index is 0.298. The molecule has 29 heavy (non-hydrogen) atoms. The van der Waals surface area contributed by atoms with Crippen molar-refractivity contribution in [1.29, 1.82) is 0 Å². The van der Waals surface area contributed by atoms with Crippen molar-refractivity contribution in [3.05, 3.63) is 11.6 Å². The first-order valence-electron chi connectivity index (χ1n) is 12.7. The number of carbonyl (C=O) groups is 1. The largest absolute Gasteiger partial charge is 0.396 e. The number of ketones is 1. The molecule has 8 atom stereocenters. The third-order valence-corrected chi connectivity index (χ3v) is 10.3. The SMILES string of the molecule is C[C@H](CO)CCC[C@H](C)[C@@H]1CC[C@H]2[C@@H]3C(=O)C=C4CCCC[C@]4(C)[C@H]3CC[C@@]21C. The number of aliphatic hydroxyl groups is 1. The molecular weight excluding hydrogens is 356 g/mol. The molecule has 4 rings (SSSR count). The average Bonchev–Trinajstić information content (AvgIpc) is 3.05. The quantitative estimate of drug-likeness (QED) is 0.547. The second-order valence-electron chi connectivity index (χ2n) is 11.9. The van der Waals surface area contributed by atoms with Crippen LogP contribution < -0.4 is 0 Å². The molecule has 4 aliphatic rings. The van der Waals surface area contributed by atoms with Crippen molar-refractivity contribution in [2.24, 2.45) is 46.3 Å². The van der Waals surface area contributed by atoms with Crippen LogP contribution in [0.4, 0.5) is 0 Å². The standard InChI is InChI=1S/C27H44O2/c1-18(17-28)8-7-9-19(2)21-11-12-22-25-23(13-15-27(21,22)4)26(3)14-6-5-10-20(26)16-24(25)29/h16,18-19,21-23,25,28H,5-15,17H2,1-4H3/t18-,19-,21-,22-,23-,25-,26-,27+/m0/s1. The first-order chi connectivity index (χ1) is 13.8. The van der Waals surface area contributed by atoms with Gasteiger partial charge in [-0.2, -0.15) is 0 Å². The molecular formula is C27H44O2. The molecule has 3 saturated carbocycles. The molecule has 0 radical (unpaired) electrons. The van der Waals surface area contributed by atoms with Gasteiger partial charge in [-0.3, -0.25) is 4.79 Å². The highest BCUT2D eigenvalue weighted by molar-refractivity contribution is 5.94. The molecule has 164 valence electrons. The van der Waals surface area contributed by atoms with E-state index in [2.05, 4.69) is 33.8 Å². The zero-order chi connectivity index (χ0) is 20.8. The lowest BCUT2D eigenvalue weighted by atomic mass is 9.47. The van der Waals surface area contributed by atoms with Gasteiger partial charge in [0, 0.05) is 12.5 Å². The minimum atomic E-state index is 0.298. The number of rotatable bonds is 6. The molecule has 0 aliphatic heterocycles. The fourth-order valence-corrected chi connectivity index (χ4v) is 8.49. The Morgan fingerprint density at radius 1 is 1.07 bits per heavy atom. The smallest absolute Gasteiger partial charge is 0.159 e. The highest BCUT2D eigenvalue weighted by Gasteiger charge is 2.60. The number of hydrogen-bond acceptors (Lipinski definition) is 2. The van der Waals surface area contributed by atoms with Crippen LogP contribution in [0.25, 0.3) is 0 Å². The molecule has 0 unspecified atom stereocenters. The Kier molecular flexibility index (Phi) is 6.06. The number of aliphatic hydroxyl groups excluding tert-OH is 1. The summed E-state index contributed by atoms with van der Waals surface area (Å²) in [4.78, 5) is 13.4. The number of allylic oxidation sites excluding steroid dienone is 2. The highest BCUT2D eigenvalue weighted by atomic mass is 16.3. The average molecular weight is 401 g/mol. The Labute approximate surface area is 178 Å². The van der Waals surface area contributed by atoms with Gasteiger partial charge in [-0.05, 0) is 97.9 Å². The van der Waals surface area contributed by atoms with E-state index < -0.39 is 0 Å². The summed E-state index contributed by atoms with van der Waals surface area (Å²) < 4.78 is 0. The summed E-state index contributed by atoms with van der Waals surface area (Å²) in [6.45, 7) is 9.99. The maximum Gasteiger partial charge on any atom is 0.159 e. The van der Waals surface area contributed by atoms with Gasteiger partial charge in [0.15, 0.2) is 5.78 Å². The lowest BCUT2D eigenvalue weighted by molar-refractivity contribution is -0.134. The molecule has 0 aromatic rings. The first kappa shape index (κ1) is 21.6. The van der Waals surface area contributed by atoms with Crippen molar-refractivity contribution in [2.45, 2.75) is 98.3 Å². The van der Waals surface area contributed by atoms with Gasteiger partial charge in [-0.25, -0.2) is 0 Å². The van der Waals surface area contributed by atoms with E-state index in [9.17, 15) is 9.90 Å². The summed E-state index contributed by atoms with van der Waals surface area (Å²) in [5, 5.41) is 9.31. The molecule has 4 aliphatic carbocycles. The predicted octanol–water partition coefficient (Wildman–Crippen LogP) is 6.57. The van der Waals surface area contributed by atoms with Crippen molar-refractivity contribution in [1.82, 2.24) is 0 Å². The fourth-order valence-electron chi connectivity index (χ4n) is 8.49. The lowest BCUT2D eigenvalue weighted by Crippen LogP contribution is -2.53. The molecule has 0 aromatic heterocycles. The van der Waals surface area contributed by atoms with Gasteiger partial charge in [0.1, 0.15) is 0 Å². The molecule has 0 aromatic carbocycles. The summed E-state index contributed by atoms with van der Waals surface area (Å²) in [5.41, 5.74) is 2.16. The van der Waals surface area contributed by atoms with Crippen molar-refractivity contribution in [3.8, 4) is 0 Å². The third kappa shape index (κ3) is 3.56. The third-order valence-electron chi connectivity index (χ3n) is 10.3. The van der Waals surface area contributed by atoms with Gasteiger partial charge < -0.3 is 5.11 Å². The van der Waals surface area contributed by atoms with Crippen LogP contribution in [0.15, 0.2) is 11.6 Å². The molecule has 1 N–H and O–H groups in total. The number of carbonyl (C=O) groups excluding carboxylic acids is 1. The van der Waals surface area contributed by atoms with Crippen LogP contribution in [-0.2, 0) is 4.79 Å². The lowest BCUT2D eigenvalue weighted by Gasteiger charge is -2.57. The molecule has 3 fully saturated rings. The summed E-state index contributed by atoms with van der Waals surface area (Å²) in [5.74, 6) is 3.94. The summed E-state index contributed by atoms with van der Waals surface area (Å²) in [6, 6.07) is 0. The Morgan fingerprint density at radius 3 is 2.62 bits per heavy atom. The van der Waals surface area contributed by atoms with Crippen LogP contribution in [0.5, 0.6) is 0 Å². The highest BCUT2D eigenvalue weighted by Crippen LogP contribution is 2.66. The van der Waals surface area contributed by atoms with Crippen LogP contribution in [0, 0.1) is 46.3 Å². The number of fused-ring (bicyclic) bond motifs is 5. The van der Waals surface area contributed by atoms with Gasteiger partial charge in [0.25, 0.3) is 0 Å². The van der Waals surface area contributed by atoms with Crippen LogP contribution in [0.2, 0.25) is 0 Å². The summed E-state index contributed by atoms with van der Waals surface area (Å²) in [7, 11) is 0. The van der Waals surface area contributed by atoms with Crippen molar-refractivity contribution in [2.75, 3.05) is 6.61 Å².